The summed E-state index contributed by atoms with van der Waals surface area (Å²) in [6, 6.07) is 81.2. The van der Waals surface area contributed by atoms with Crippen molar-refractivity contribution >= 4 is 90.7 Å². The zero-order chi connectivity index (χ0) is 41.7. The lowest BCUT2D eigenvalue weighted by Gasteiger charge is -2.27. The van der Waals surface area contributed by atoms with E-state index in [0.29, 0.717) is 5.56 Å². The SMILES string of the molecule is N#Cc1c(C=Cc2ccc(N(c3ccccc3)c3cccc4ccccc34)cc2)ccc2cc(C=Cc3ccc(N(c4ccccc4)c4cccc5ccccc45)cc3)ccc12. The van der Waals surface area contributed by atoms with Gasteiger partial charge in [-0.3, -0.25) is 0 Å². The van der Waals surface area contributed by atoms with Crippen molar-refractivity contribution in [3.8, 4) is 6.07 Å². The number of fused-ring (bicyclic) bond motifs is 3. The molecule has 0 N–H and O–H groups in total. The van der Waals surface area contributed by atoms with Gasteiger partial charge in [0.1, 0.15) is 6.07 Å². The third kappa shape index (κ3) is 7.61. The van der Waals surface area contributed by atoms with E-state index in [-0.39, 0.29) is 0 Å². The van der Waals surface area contributed by atoms with Crippen LogP contribution in [-0.4, -0.2) is 0 Å². The van der Waals surface area contributed by atoms with Crippen molar-refractivity contribution in [3.05, 3.63) is 252 Å². The van der Waals surface area contributed by atoms with Gasteiger partial charge in [-0.25, -0.2) is 0 Å². The van der Waals surface area contributed by atoms with E-state index in [0.717, 1.165) is 67.2 Å². The average Bonchev–Trinajstić information content (AvgIpc) is 3.34. The first-order valence-corrected chi connectivity index (χ1v) is 20.9. The predicted molar refractivity (Wildman–Crippen MR) is 264 cm³/mol. The maximum atomic E-state index is 10.4. The van der Waals surface area contributed by atoms with E-state index in [1.807, 2.05) is 18.2 Å². The highest BCUT2D eigenvalue weighted by Crippen LogP contribution is 2.40. The minimum atomic E-state index is 0.668. The number of hydrogen-bond donors (Lipinski definition) is 0. The molecule has 0 bridgehead atoms. The van der Waals surface area contributed by atoms with Crippen LogP contribution in [0.25, 0.3) is 56.6 Å². The quantitative estimate of drug-likeness (QED) is 0.129. The van der Waals surface area contributed by atoms with Crippen molar-refractivity contribution in [1.29, 1.82) is 5.26 Å². The van der Waals surface area contributed by atoms with Gasteiger partial charge in [-0.2, -0.15) is 5.26 Å². The molecule has 10 aromatic rings. The second kappa shape index (κ2) is 17.0. The molecule has 62 heavy (non-hydrogen) atoms. The third-order valence-corrected chi connectivity index (χ3v) is 11.5. The summed E-state index contributed by atoms with van der Waals surface area (Å²) in [6.07, 6.45) is 8.41. The van der Waals surface area contributed by atoms with Crippen molar-refractivity contribution in [2.75, 3.05) is 9.80 Å². The number of benzene rings is 10. The van der Waals surface area contributed by atoms with Crippen LogP contribution in [0.4, 0.5) is 34.1 Å². The molecular weight excluding hydrogens is 751 g/mol. The molecule has 3 nitrogen and oxygen atoms in total. The number of nitrogens with zero attached hydrogens (tertiary/aromatic N) is 3. The molecule has 0 saturated carbocycles. The van der Waals surface area contributed by atoms with Crippen LogP contribution >= 0.6 is 0 Å². The van der Waals surface area contributed by atoms with Crippen molar-refractivity contribution in [3.63, 3.8) is 0 Å². The number of nitriles is 1. The zero-order valence-electron chi connectivity index (χ0n) is 34.0. The van der Waals surface area contributed by atoms with E-state index < -0.39 is 0 Å². The number of anilines is 6. The molecule has 0 atom stereocenters. The summed E-state index contributed by atoms with van der Waals surface area (Å²) in [4.78, 5) is 4.62. The molecule has 0 saturated heterocycles. The van der Waals surface area contributed by atoms with E-state index in [1.54, 1.807) is 0 Å². The highest BCUT2D eigenvalue weighted by Gasteiger charge is 2.16. The average molecular weight is 792 g/mol. The van der Waals surface area contributed by atoms with Gasteiger partial charge in [-0.15, -0.1) is 0 Å². The lowest BCUT2D eigenvalue weighted by atomic mass is 9.97. The van der Waals surface area contributed by atoms with Crippen LogP contribution in [0, 0.1) is 11.3 Å². The smallest absolute Gasteiger partial charge is 0.100 e. The number of para-hydroxylation sites is 2. The van der Waals surface area contributed by atoms with Crippen LogP contribution in [0.5, 0.6) is 0 Å². The molecule has 0 unspecified atom stereocenters. The highest BCUT2D eigenvalue weighted by molar-refractivity contribution is 6.00. The monoisotopic (exact) mass is 791 g/mol. The summed E-state index contributed by atoms with van der Waals surface area (Å²) in [6.45, 7) is 0. The molecule has 10 aromatic carbocycles. The van der Waals surface area contributed by atoms with Gasteiger partial charge >= 0.3 is 0 Å². The van der Waals surface area contributed by atoms with E-state index in [9.17, 15) is 5.26 Å². The van der Waals surface area contributed by atoms with E-state index >= 15 is 0 Å². The van der Waals surface area contributed by atoms with Crippen molar-refractivity contribution in [2.24, 2.45) is 0 Å². The Balaban J connectivity index is 0.881. The van der Waals surface area contributed by atoms with Gasteiger partial charge in [0, 0.05) is 38.9 Å². The maximum Gasteiger partial charge on any atom is 0.100 e. The van der Waals surface area contributed by atoms with Gasteiger partial charge in [0.2, 0.25) is 0 Å². The minimum absolute atomic E-state index is 0.668. The molecule has 292 valence electrons. The van der Waals surface area contributed by atoms with Gasteiger partial charge in [-0.05, 0) is 105 Å². The van der Waals surface area contributed by atoms with Crippen LogP contribution in [0.2, 0.25) is 0 Å². The lowest BCUT2D eigenvalue weighted by Crippen LogP contribution is -2.10. The standard InChI is InChI=1S/C59H41N3/c60-42-57-48(33-27-44-30-38-53(39-31-44)62(51-19-5-2-6-20-51)59-24-12-16-47-14-8-10-22-56(47)59)34-35-49-41-45(32-40-54(49)57)26-25-43-28-36-52(37-29-43)61(50-17-3-1-4-18-50)58-23-11-15-46-13-7-9-21-55(46)58/h1-41H. The first-order chi connectivity index (χ1) is 30.7. The van der Waals surface area contributed by atoms with Crippen molar-refractivity contribution < 1.29 is 0 Å². The molecule has 0 fully saturated rings. The zero-order valence-corrected chi connectivity index (χ0v) is 34.0. The Bertz CT molecular complexity index is 3280. The predicted octanol–water partition coefficient (Wildman–Crippen LogP) is 16.3. The van der Waals surface area contributed by atoms with Crippen molar-refractivity contribution in [2.45, 2.75) is 0 Å². The number of rotatable bonds is 10. The van der Waals surface area contributed by atoms with Crippen LogP contribution in [0.15, 0.2) is 224 Å². The van der Waals surface area contributed by atoms with Crippen LogP contribution in [0.1, 0.15) is 27.8 Å². The number of hydrogen-bond acceptors (Lipinski definition) is 3. The van der Waals surface area contributed by atoms with Crippen molar-refractivity contribution in [1.82, 2.24) is 0 Å². The minimum Gasteiger partial charge on any atom is -0.310 e. The topological polar surface area (TPSA) is 30.3 Å². The highest BCUT2D eigenvalue weighted by atomic mass is 15.1. The van der Waals surface area contributed by atoms with E-state index in [4.69, 9.17) is 0 Å². The summed E-state index contributed by atoms with van der Waals surface area (Å²) in [5.41, 5.74) is 11.4. The molecule has 3 heteroatoms. The normalized spacial score (nSPS) is 11.4. The summed E-state index contributed by atoms with van der Waals surface area (Å²) in [5.74, 6) is 0. The van der Waals surface area contributed by atoms with E-state index in [1.165, 1.54) is 21.5 Å². The van der Waals surface area contributed by atoms with Crippen LogP contribution < -0.4 is 9.80 Å². The fourth-order valence-electron chi connectivity index (χ4n) is 8.40. The van der Waals surface area contributed by atoms with Gasteiger partial charge < -0.3 is 9.80 Å². The molecular formula is C59H41N3. The Morgan fingerprint density at radius 3 is 1.29 bits per heavy atom. The molecule has 0 aliphatic heterocycles. The van der Waals surface area contributed by atoms with E-state index in [2.05, 4.69) is 246 Å². The molecule has 10 rings (SSSR count). The van der Waals surface area contributed by atoms with Crippen LogP contribution in [0.3, 0.4) is 0 Å². The Hall–Kier alpha value is -8.45. The molecule has 0 aliphatic rings. The van der Waals surface area contributed by atoms with Crippen LogP contribution in [-0.2, 0) is 0 Å². The largest absolute Gasteiger partial charge is 0.310 e. The van der Waals surface area contributed by atoms with Gasteiger partial charge in [0.15, 0.2) is 0 Å². The first-order valence-electron chi connectivity index (χ1n) is 20.9. The summed E-state index contributed by atoms with van der Waals surface area (Å²) in [7, 11) is 0. The lowest BCUT2D eigenvalue weighted by molar-refractivity contribution is 1.30. The molecule has 0 aliphatic carbocycles. The Labute approximate surface area is 362 Å². The van der Waals surface area contributed by atoms with Gasteiger partial charge in [-0.1, -0.05) is 182 Å². The maximum absolute atomic E-state index is 10.4. The molecule has 0 aromatic heterocycles. The van der Waals surface area contributed by atoms with Gasteiger partial charge in [0.25, 0.3) is 0 Å². The first kappa shape index (κ1) is 37.8. The molecule has 0 amide bonds. The Kier molecular flexibility index (Phi) is 10.4. The second-order valence-electron chi connectivity index (χ2n) is 15.3. The molecule has 0 heterocycles. The molecule has 0 spiro atoms. The Morgan fingerprint density at radius 1 is 0.323 bits per heavy atom. The summed E-state index contributed by atoms with van der Waals surface area (Å²) < 4.78 is 0. The fraction of sp³-hybridized carbons (Fsp3) is 0. The fourth-order valence-corrected chi connectivity index (χ4v) is 8.40. The Morgan fingerprint density at radius 2 is 0.758 bits per heavy atom. The summed E-state index contributed by atoms with van der Waals surface area (Å²) in [5, 5.41) is 17.2. The second-order valence-corrected chi connectivity index (χ2v) is 15.3. The molecule has 0 radical (unpaired) electrons. The van der Waals surface area contributed by atoms with Gasteiger partial charge in [0.05, 0.1) is 16.9 Å². The third-order valence-electron chi connectivity index (χ3n) is 11.5. The summed E-state index contributed by atoms with van der Waals surface area (Å²) >= 11 is 0.